The van der Waals surface area contributed by atoms with Gasteiger partial charge in [0.15, 0.2) is 0 Å². The highest BCUT2D eigenvalue weighted by atomic mass is 15.1. The third-order valence-corrected chi connectivity index (χ3v) is 3.59. The quantitative estimate of drug-likeness (QED) is 0.698. The molecule has 5 nitrogen and oxygen atoms in total. The first-order valence-corrected chi connectivity index (χ1v) is 8.06. The van der Waals surface area contributed by atoms with Gasteiger partial charge in [-0.1, -0.05) is 36.4 Å². The molecule has 2 aromatic heterocycles. The van der Waals surface area contributed by atoms with Crippen molar-refractivity contribution in [3.63, 3.8) is 0 Å². The highest BCUT2D eigenvalue weighted by Crippen LogP contribution is 2.11. The van der Waals surface area contributed by atoms with Crippen LogP contribution in [0, 0.1) is 6.92 Å². The van der Waals surface area contributed by atoms with E-state index in [1.165, 1.54) is 5.56 Å². The molecule has 0 aliphatic rings. The lowest BCUT2D eigenvalue weighted by Crippen LogP contribution is -2.10. The van der Waals surface area contributed by atoms with Crippen LogP contribution < -0.4 is 10.6 Å². The lowest BCUT2D eigenvalue weighted by atomic mass is 10.1. The average molecular weight is 319 g/mol. The lowest BCUT2D eigenvalue weighted by Gasteiger charge is -2.10. The summed E-state index contributed by atoms with van der Waals surface area (Å²) in [5.41, 5.74) is 3.35. The van der Waals surface area contributed by atoms with Crippen LogP contribution >= 0.6 is 0 Å². The second-order valence-electron chi connectivity index (χ2n) is 5.60. The Morgan fingerprint density at radius 1 is 0.917 bits per heavy atom. The Morgan fingerprint density at radius 3 is 2.54 bits per heavy atom. The molecular weight excluding hydrogens is 298 g/mol. The van der Waals surface area contributed by atoms with Crippen LogP contribution in [0.25, 0.3) is 0 Å². The first kappa shape index (κ1) is 15.9. The molecule has 5 heteroatoms. The van der Waals surface area contributed by atoms with Gasteiger partial charge in [-0.25, -0.2) is 4.98 Å². The minimum Gasteiger partial charge on any atom is -0.366 e. The maximum absolute atomic E-state index is 4.53. The van der Waals surface area contributed by atoms with Crippen LogP contribution in [-0.2, 0) is 13.0 Å². The van der Waals surface area contributed by atoms with Gasteiger partial charge in [-0.2, -0.15) is 4.98 Å². The molecule has 0 unspecified atom stereocenters. The van der Waals surface area contributed by atoms with E-state index in [-0.39, 0.29) is 0 Å². The Kier molecular flexibility index (Phi) is 5.35. The summed E-state index contributed by atoms with van der Waals surface area (Å²) in [4.78, 5) is 13.1. The summed E-state index contributed by atoms with van der Waals surface area (Å²) in [5.74, 6) is 1.47. The zero-order valence-corrected chi connectivity index (χ0v) is 13.7. The number of aryl methyl sites for hydroxylation is 1. The van der Waals surface area contributed by atoms with Gasteiger partial charge in [0.1, 0.15) is 5.82 Å². The van der Waals surface area contributed by atoms with Crippen molar-refractivity contribution in [1.82, 2.24) is 15.0 Å². The van der Waals surface area contributed by atoms with E-state index in [0.717, 1.165) is 30.0 Å². The number of hydrogen-bond donors (Lipinski definition) is 2. The molecular formula is C19H21N5. The number of benzene rings is 1. The lowest BCUT2D eigenvalue weighted by molar-refractivity contribution is 0.969. The summed E-state index contributed by atoms with van der Waals surface area (Å²) in [6.07, 6.45) is 4.56. The van der Waals surface area contributed by atoms with E-state index in [0.29, 0.717) is 12.5 Å². The van der Waals surface area contributed by atoms with E-state index in [9.17, 15) is 0 Å². The molecule has 0 amide bonds. The number of aromatic nitrogens is 3. The van der Waals surface area contributed by atoms with Crippen LogP contribution in [0.3, 0.4) is 0 Å². The summed E-state index contributed by atoms with van der Waals surface area (Å²) >= 11 is 0. The van der Waals surface area contributed by atoms with Gasteiger partial charge in [0.2, 0.25) is 5.95 Å². The van der Waals surface area contributed by atoms with Gasteiger partial charge in [0.05, 0.1) is 0 Å². The molecule has 0 spiro atoms. The first-order valence-electron chi connectivity index (χ1n) is 8.06. The van der Waals surface area contributed by atoms with E-state index >= 15 is 0 Å². The van der Waals surface area contributed by atoms with E-state index in [1.54, 1.807) is 6.20 Å². The molecule has 2 N–H and O–H groups in total. The number of hydrogen-bond acceptors (Lipinski definition) is 5. The van der Waals surface area contributed by atoms with E-state index in [4.69, 9.17) is 0 Å². The molecule has 2 heterocycles. The van der Waals surface area contributed by atoms with Crippen molar-refractivity contribution in [2.75, 3.05) is 17.2 Å². The van der Waals surface area contributed by atoms with Gasteiger partial charge >= 0.3 is 0 Å². The van der Waals surface area contributed by atoms with Crippen LogP contribution in [0.4, 0.5) is 11.8 Å². The number of rotatable bonds is 7. The van der Waals surface area contributed by atoms with Gasteiger partial charge in [-0.05, 0) is 30.5 Å². The van der Waals surface area contributed by atoms with Crippen LogP contribution in [0.15, 0.2) is 60.9 Å². The highest BCUT2D eigenvalue weighted by Gasteiger charge is 2.02. The molecule has 0 bridgehead atoms. The monoisotopic (exact) mass is 319 g/mol. The summed E-state index contributed by atoms with van der Waals surface area (Å²) in [5, 5.41) is 6.62. The van der Waals surface area contributed by atoms with Crippen molar-refractivity contribution in [2.45, 2.75) is 19.9 Å². The third-order valence-electron chi connectivity index (χ3n) is 3.59. The van der Waals surface area contributed by atoms with Gasteiger partial charge < -0.3 is 10.6 Å². The van der Waals surface area contributed by atoms with Crippen LogP contribution in [-0.4, -0.2) is 21.5 Å². The SMILES string of the molecule is Cc1cc(NCc2cccnc2)nc(NCCc2ccccc2)n1. The van der Waals surface area contributed by atoms with Crippen LogP contribution in [0.2, 0.25) is 0 Å². The summed E-state index contributed by atoms with van der Waals surface area (Å²) < 4.78 is 0. The Balaban J connectivity index is 1.57. The molecule has 0 aliphatic heterocycles. The predicted octanol–water partition coefficient (Wildman–Crippen LogP) is 3.45. The van der Waals surface area contributed by atoms with E-state index < -0.39 is 0 Å². The topological polar surface area (TPSA) is 62.7 Å². The van der Waals surface area contributed by atoms with Gasteiger partial charge in [-0.3, -0.25) is 4.98 Å². The van der Waals surface area contributed by atoms with Gasteiger partial charge in [-0.15, -0.1) is 0 Å². The molecule has 3 aromatic rings. The average Bonchev–Trinajstić information content (AvgIpc) is 2.61. The van der Waals surface area contributed by atoms with Crippen molar-refractivity contribution in [1.29, 1.82) is 0 Å². The minimum absolute atomic E-state index is 0.652. The molecule has 1 aromatic carbocycles. The third kappa shape index (κ3) is 4.78. The fraction of sp³-hybridized carbons (Fsp3) is 0.211. The largest absolute Gasteiger partial charge is 0.366 e. The summed E-state index contributed by atoms with van der Waals surface area (Å²) in [6, 6.07) is 16.3. The first-order chi connectivity index (χ1) is 11.8. The van der Waals surface area contributed by atoms with E-state index in [2.05, 4.69) is 49.9 Å². The van der Waals surface area contributed by atoms with Gasteiger partial charge in [0, 0.05) is 37.2 Å². The smallest absolute Gasteiger partial charge is 0.224 e. The molecule has 24 heavy (non-hydrogen) atoms. The van der Waals surface area contributed by atoms with E-state index in [1.807, 2.05) is 37.4 Å². The molecule has 0 fully saturated rings. The number of nitrogens with zero attached hydrogens (tertiary/aromatic N) is 3. The van der Waals surface area contributed by atoms with Crippen molar-refractivity contribution in [2.24, 2.45) is 0 Å². The Hall–Kier alpha value is -2.95. The number of nitrogens with one attached hydrogen (secondary N) is 2. The molecule has 0 radical (unpaired) electrons. The number of anilines is 2. The van der Waals surface area contributed by atoms with Crippen molar-refractivity contribution in [3.8, 4) is 0 Å². The Bertz CT molecular complexity index is 759. The molecule has 0 saturated carbocycles. The zero-order valence-electron chi connectivity index (χ0n) is 13.7. The second kappa shape index (κ2) is 8.06. The maximum atomic E-state index is 4.53. The normalized spacial score (nSPS) is 10.4. The molecule has 122 valence electrons. The standard InChI is InChI=1S/C19H21N5/c1-15-12-18(22-14-17-8-5-10-20-13-17)24-19(23-15)21-11-9-16-6-3-2-4-7-16/h2-8,10,12-13H,9,11,14H2,1H3,(H2,21,22,23,24). The van der Waals surface area contributed by atoms with Crippen LogP contribution in [0.1, 0.15) is 16.8 Å². The van der Waals surface area contributed by atoms with Crippen molar-refractivity contribution < 1.29 is 0 Å². The second-order valence-corrected chi connectivity index (χ2v) is 5.60. The van der Waals surface area contributed by atoms with Crippen molar-refractivity contribution >= 4 is 11.8 Å². The highest BCUT2D eigenvalue weighted by molar-refractivity contribution is 5.42. The molecule has 0 aliphatic carbocycles. The predicted molar refractivity (Wildman–Crippen MR) is 97.0 cm³/mol. The van der Waals surface area contributed by atoms with Gasteiger partial charge in [0.25, 0.3) is 0 Å². The number of pyridine rings is 1. The van der Waals surface area contributed by atoms with Crippen LogP contribution in [0.5, 0.6) is 0 Å². The maximum Gasteiger partial charge on any atom is 0.224 e. The molecule has 3 rings (SSSR count). The fourth-order valence-electron chi connectivity index (χ4n) is 2.40. The van der Waals surface area contributed by atoms with Crippen molar-refractivity contribution in [3.05, 3.63) is 77.7 Å². The Morgan fingerprint density at radius 2 is 1.75 bits per heavy atom. The summed E-state index contributed by atoms with van der Waals surface area (Å²) in [6.45, 7) is 3.46. The molecule has 0 atom stereocenters. The molecule has 0 saturated heterocycles. The fourth-order valence-corrected chi connectivity index (χ4v) is 2.40. The zero-order chi connectivity index (χ0) is 16.6. The minimum atomic E-state index is 0.652. The Labute approximate surface area is 142 Å². The summed E-state index contributed by atoms with van der Waals surface area (Å²) in [7, 11) is 0.